The number of benzene rings is 1. The van der Waals surface area contributed by atoms with Crippen LogP contribution in [-0.4, -0.2) is 18.7 Å². The smallest absolute Gasteiger partial charge is 0.124 e. The second kappa shape index (κ2) is 4.82. The quantitative estimate of drug-likeness (QED) is 0.891. The third-order valence-electron chi connectivity index (χ3n) is 3.40. The van der Waals surface area contributed by atoms with Crippen LogP contribution in [0.1, 0.15) is 16.8 Å². The van der Waals surface area contributed by atoms with Crippen molar-refractivity contribution >= 4 is 5.69 Å². The zero-order chi connectivity index (χ0) is 12.4. The average Bonchev–Trinajstić information content (AvgIpc) is 3.00. The summed E-state index contributed by atoms with van der Waals surface area (Å²) in [5.74, 6) is 0. The van der Waals surface area contributed by atoms with Crippen LogP contribution in [0.25, 0.3) is 0 Å². The van der Waals surface area contributed by atoms with Gasteiger partial charge in [-0.15, -0.1) is 0 Å². The van der Waals surface area contributed by atoms with Gasteiger partial charge in [-0.3, -0.25) is 0 Å². The fourth-order valence-electron chi connectivity index (χ4n) is 2.39. The Balaban J connectivity index is 1.60. The summed E-state index contributed by atoms with van der Waals surface area (Å²) in [6, 6.07) is 8.59. The van der Waals surface area contributed by atoms with Crippen molar-refractivity contribution in [1.82, 2.24) is 10.5 Å². The molecular weight excluding hydrogens is 226 g/mol. The number of likely N-dealkylation sites (N-methyl/N-ethyl adjacent to an activating group) is 1. The molecule has 0 aliphatic carbocycles. The Morgan fingerprint density at radius 2 is 2.28 bits per heavy atom. The summed E-state index contributed by atoms with van der Waals surface area (Å²) < 4.78 is 4.79. The van der Waals surface area contributed by atoms with Gasteiger partial charge in [0.15, 0.2) is 0 Å². The maximum atomic E-state index is 4.79. The standard InChI is InChI=1S/C14H17N3O/c1-17-6-4-12-8-11(2-3-14(12)17)9-15-10-13-5-7-18-16-13/h2-3,5,7-8,15H,4,6,9-10H2,1H3. The second-order valence-electron chi connectivity index (χ2n) is 4.73. The zero-order valence-corrected chi connectivity index (χ0v) is 10.5. The highest BCUT2D eigenvalue weighted by Crippen LogP contribution is 2.27. The van der Waals surface area contributed by atoms with Gasteiger partial charge in [-0.05, 0) is 23.6 Å². The minimum atomic E-state index is 0.744. The van der Waals surface area contributed by atoms with Gasteiger partial charge >= 0.3 is 0 Å². The number of anilines is 1. The van der Waals surface area contributed by atoms with Crippen LogP contribution in [0.3, 0.4) is 0 Å². The first-order valence-corrected chi connectivity index (χ1v) is 6.26. The highest BCUT2D eigenvalue weighted by molar-refractivity contribution is 5.58. The van der Waals surface area contributed by atoms with Crippen LogP contribution < -0.4 is 10.2 Å². The predicted molar refractivity (Wildman–Crippen MR) is 70.5 cm³/mol. The molecule has 0 spiro atoms. The largest absolute Gasteiger partial charge is 0.374 e. The van der Waals surface area contributed by atoms with Gasteiger partial charge in [-0.1, -0.05) is 17.3 Å². The summed E-state index contributed by atoms with van der Waals surface area (Å²) in [4.78, 5) is 2.31. The Labute approximate surface area is 107 Å². The van der Waals surface area contributed by atoms with E-state index in [-0.39, 0.29) is 0 Å². The van der Waals surface area contributed by atoms with Crippen molar-refractivity contribution in [3.63, 3.8) is 0 Å². The van der Waals surface area contributed by atoms with E-state index in [1.807, 2.05) is 6.07 Å². The Kier molecular flexibility index (Phi) is 3.02. The summed E-state index contributed by atoms with van der Waals surface area (Å²) in [5.41, 5.74) is 5.09. The Hall–Kier alpha value is -1.81. The lowest BCUT2D eigenvalue weighted by atomic mass is 10.1. The van der Waals surface area contributed by atoms with Crippen LogP contribution >= 0.6 is 0 Å². The Morgan fingerprint density at radius 1 is 1.33 bits per heavy atom. The molecule has 4 heteroatoms. The van der Waals surface area contributed by atoms with Crippen molar-refractivity contribution in [2.24, 2.45) is 0 Å². The molecule has 4 nitrogen and oxygen atoms in total. The minimum absolute atomic E-state index is 0.744. The number of fused-ring (bicyclic) bond motifs is 1. The number of aromatic nitrogens is 1. The molecule has 0 fully saturated rings. The molecular formula is C14H17N3O. The molecule has 1 aliphatic heterocycles. The van der Waals surface area contributed by atoms with Crippen molar-refractivity contribution in [2.45, 2.75) is 19.5 Å². The van der Waals surface area contributed by atoms with Gasteiger partial charge in [0.05, 0.1) is 5.69 Å². The summed E-state index contributed by atoms with van der Waals surface area (Å²) in [5, 5.41) is 7.24. The third-order valence-corrected chi connectivity index (χ3v) is 3.40. The van der Waals surface area contributed by atoms with E-state index in [2.05, 4.69) is 40.6 Å². The van der Waals surface area contributed by atoms with E-state index in [4.69, 9.17) is 4.52 Å². The predicted octanol–water partition coefficient (Wildman–Crippen LogP) is 1.96. The molecule has 0 atom stereocenters. The van der Waals surface area contributed by atoms with Crippen molar-refractivity contribution < 1.29 is 4.52 Å². The van der Waals surface area contributed by atoms with Crippen LogP contribution in [0.2, 0.25) is 0 Å². The van der Waals surface area contributed by atoms with Gasteiger partial charge in [0, 0.05) is 38.4 Å². The van der Waals surface area contributed by atoms with Crippen LogP contribution in [0, 0.1) is 0 Å². The number of hydrogen-bond acceptors (Lipinski definition) is 4. The molecule has 1 N–H and O–H groups in total. The van der Waals surface area contributed by atoms with E-state index < -0.39 is 0 Å². The van der Waals surface area contributed by atoms with E-state index >= 15 is 0 Å². The normalized spacial score (nSPS) is 13.9. The molecule has 3 rings (SSSR count). The van der Waals surface area contributed by atoms with Gasteiger partial charge in [-0.2, -0.15) is 0 Å². The van der Waals surface area contributed by atoms with E-state index in [0.717, 1.165) is 31.7 Å². The molecule has 0 saturated heterocycles. The summed E-state index contributed by atoms with van der Waals surface area (Å²) in [6.45, 7) is 2.74. The number of rotatable bonds is 4. The average molecular weight is 243 g/mol. The monoisotopic (exact) mass is 243 g/mol. The van der Waals surface area contributed by atoms with E-state index in [1.165, 1.54) is 16.8 Å². The summed E-state index contributed by atoms with van der Waals surface area (Å²) in [6.07, 6.45) is 2.76. The first kappa shape index (κ1) is 11.3. The molecule has 0 unspecified atom stereocenters. The van der Waals surface area contributed by atoms with Gasteiger partial charge in [-0.25, -0.2) is 0 Å². The second-order valence-corrected chi connectivity index (χ2v) is 4.73. The zero-order valence-electron chi connectivity index (χ0n) is 10.5. The van der Waals surface area contributed by atoms with Crippen LogP contribution in [0.5, 0.6) is 0 Å². The Bertz CT molecular complexity index is 522. The molecule has 94 valence electrons. The van der Waals surface area contributed by atoms with Crippen LogP contribution in [0.4, 0.5) is 5.69 Å². The molecule has 2 aromatic rings. The van der Waals surface area contributed by atoms with Gasteiger partial charge in [0.2, 0.25) is 0 Å². The topological polar surface area (TPSA) is 41.3 Å². The van der Waals surface area contributed by atoms with Gasteiger partial charge in [0.1, 0.15) is 6.26 Å². The molecule has 1 aromatic carbocycles. The lowest BCUT2D eigenvalue weighted by Crippen LogP contribution is -2.13. The SMILES string of the molecule is CN1CCc2cc(CNCc3ccon3)ccc21. The molecule has 0 bridgehead atoms. The molecule has 18 heavy (non-hydrogen) atoms. The highest BCUT2D eigenvalue weighted by Gasteiger charge is 2.15. The van der Waals surface area contributed by atoms with Crippen molar-refractivity contribution in [1.29, 1.82) is 0 Å². The lowest BCUT2D eigenvalue weighted by molar-refractivity contribution is 0.408. The highest BCUT2D eigenvalue weighted by atomic mass is 16.5. The fraction of sp³-hybridized carbons (Fsp3) is 0.357. The first-order valence-electron chi connectivity index (χ1n) is 6.26. The molecule has 2 heterocycles. The third kappa shape index (κ3) is 2.24. The summed E-state index contributed by atoms with van der Waals surface area (Å²) >= 11 is 0. The van der Waals surface area contributed by atoms with Crippen molar-refractivity contribution in [3.05, 3.63) is 47.3 Å². The van der Waals surface area contributed by atoms with Gasteiger partial charge < -0.3 is 14.7 Å². The minimum Gasteiger partial charge on any atom is -0.374 e. The maximum Gasteiger partial charge on any atom is 0.124 e. The van der Waals surface area contributed by atoms with Gasteiger partial charge in [0.25, 0.3) is 0 Å². The number of hydrogen-bond donors (Lipinski definition) is 1. The number of nitrogens with zero attached hydrogens (tertiary/aromatic N) is 2. The van der Waals surface area contributed by atoms with Crippen molar-refractivity contribution in [3.8, 4) is 0 Å². The van der Waals surface area contributed by atoms with E-state index in [1.54, 1.807) is 6.26 Å². The number of nitrogens with one attached hydrogen (secondary N) is 1. The summed E-state index contributed by atoms with van der Waals surface area (Å²) in [7, 11) is 2.15. The molecule has 1 aromatic heterocycles. The fourth-order valence-corrected chi connectivity index (χ4v) is 2.39. The molecule has 0 saturated carbocycles. The van der Waals surface area contributed by atoms with Crippen LogP contribution in [0.15, 0.2) is 35.1 Å². The van der Waals surface area contributed by atoms with Crippen LogP contribution in [-0.2, 0) is 19.5 Å². The first-order chi connectivity index (χ1) is 8.83. The van der Waals surface area contributed by atoms with E-state index in [9.17, 15) is 0 Å². The van der Waals surface area contributed by atoms with Crippen molar-refractivity contribution in [2.75, 3.05) is 18.5 Å². The lowest BCUT2D eigenvalue weighted by Gasteiger charge is -2.12. The molecule has 1 aliphatic rings. The Morgan fingerprint density at radius 3 is 3.11 bits per heavy atom. The molecule has 0 radical (unpaired) electrons. The van der Waals surface area contributed by atoms with E-state index in [0.29, 0.717) is 0 Å². The molecule has 0 amide bonds. The maximum absolute atomic E-state index is 4.79.